The Balaban J connectivity index is 2.65. The maximum Gasteiger partial charge on any atom is 0 e. The second-order valence-corrected chi connectivity index (χ2v) is 27.0. The van der Waals surface area contributed by atoms with E-state index in [0.717, 1.165) is 17.1 Å². The quantitative estimate of drug-likeness (QED) is 0.331. The Morgan fingerprint density at radius 2 is 0.800 bits per heavy atom. The molecule has 0 amide bonds. The highest BCUT2D eigenvalue weighted by atomic mass is 30.0. The SMILES string of the molecule is [Si][Si][Si][Si][Si][Si][Si][Si][Si][Si]. The highest BCUT2D eigenvalue weighted by molar-refractivity contribution is 7.68. The lowest BCUT2D eigenvalue weighted by Gasteiger charge is -1.92. The van der Waals surface area contributed by atoms with Crippen LogP contribution in [-0.2, 0) is 0 Å². The minimum Gasteiger partial charge on any atom is 0 e. The lowest BCUT2D eigenvalue weighted by atomic mass is 26.2. The summed E-state index contributed by atoms with van der Waals surface area (Å²) in [7, 11) is 16.7. The number of hydrogen-bond donors (Lipinski definition) is 0. The molecular formula is Si10. The van der Waals surface area contributed by atoms with Gasteiger partial charge in [0.2, 0.25) is 0 Å². The zero-order valence-corrected chi connectivity index (χ0v) is 15.0. The van der Waals surface area contributed by atoms with Gasteiger partial charge in [-0.05, 0) is 0 Å². The summed E-state index contributed by atoms with van der Waals surface area (Å²) in [6.45, 7) is 0. The highest BCUT2D eigenvalue weighted by Crippen LogP contribution is 1.54. The molecule has 0 saturated heterocycles. The molecule has 0 fully saturated rings. The Bertz CT molecular complexity index is 40.0. The smallest absolute Gasteiger partial charge is 0 e. The van der Waals surface area contributed by atoms with E-state index in [-0.39, 0.29) is 0 Å². The Morgan fingerprint density at radius 3 is 1.10 bits per heavy atom. The van der Waals surface area contributed by atoms with Crippen LogP contribution in [0.5, 0.6) is 0 Å². The fourth-order valence-corrected chi connectivity index (χ4v) is 45.6. The van der Waals surface area contributed by atoms with E-state index in [9.17, 15) is 0 Å². The summed E-state index contributed by atoms with van der Waals surface area (Å²) in [5.41, 5.74) is 0. The Kier molecular flexibility index (Phi) is 13.6. The second kappa shape index (κ2) is 11.2. The Labute approximate surface area is 87.4 Å². The van der Waals surface area contributed by atoms with Gasteiger partial charge in [0.05, 0.1) is 0 Å². The third-order valence-corrected chi connectivity index (χ3v) is 35.4. The topological polar surface area (TPSA) is 0 Å². The molecule has 0 bridgehead atoms. The molecular weight excluding hydrogens is 281 g/mol. The van der Waals surface area contributed by atoms with Crippen molar-refractivity contribution in [2.75, 3.05) is 0 Å². The van der Waals surface area contributed by atoms with Gasteiger partial charge in [-0.2, -0.15) is 0 Å². The van der Waals surface area contributed by atoms with Crippen LogP contribution in [0.15, 0.2) is 0 Å². The van der Waals surface area contributed by atoms with Crippen LogP contribution in [0.2, 0.25) is 0 Å². The highest BCUT2D eigenvalue weighted by Gasteiger charge is 1.92. The molecule has 0 nitrogen and oxygen atoms in total. The molecule has 0 aliphatic heterocycles. The minimum atomic E-state index is 1.02. The van der Waals surface area contributed by atoms with E-state index in [4.69, 9.17) is 0 Å². The summed E-state index contributed by atoms with van der Waals surface area (Å²) in [5.74, 6) is 0. The van der Waals surface area contributed by atoms with E-state index in [1.807, 2.05) is 0 Å². The van der Waals surface area contributed by atoms with Crippen molar-refractivity contribution in [3.8, 4) is 0 Å². The summed E-state index contributed by atoms with van der Waals surface area (Å²) in [4.78, 5) is 0. The van der Waals surface area contributed by atoms with Crippen molar-refractivity contribution < 1.29 is 0 Å². The third kappa shape index (κ3) is 10.2. The largest absolute Gasteiger partial charge is 0 e. The van der Waals surface area contributed by atoms with Crippen molar-refractivity contribution in [3.63, 3.8) is 0 Å². The molecule has 0 saturated carbocycles. The molecule has 0 rings (SSSR count). The van der Waals surface area contributed by atoms with Gasteiger partial charge in [-0.3, -0.25) is 0 Å². The van der Waals surface area contributed by atoms with E-state index in [2.05, 4.69) is 19.5 Å². The first-order chi connectivity index (χ1) is 4.91. The number of hydrogen-bond acceptors (Lipinski definition) is 0. The first-order valence-electron chi connectivity index (χ1n) is 2.25. The minimum absolute atomic E-state index is 1.02. The molecule has 0 aromatic heterocycles. The zero-order valence-electron chi connectivity index (χ0n) is 5.00. The number of rotatable bonds is 7. The van der Waals surface area contributed by atoms with Gasteiger partial charge < -0.3 is 0 Å². The molecule has 22 radical (unpaired) electrons. The predicted octanol–water partition coefficient (Wildman–Crippen LogP) is -3.81. The van der Waals surface area contributed by atoms with E-state index < -0.39 is 0 Å². The second-order valence-electron chi connectivity index (χ2n) is 1.00. The van der Waals surface area contributed by atoms with E-state index in [0.29, 0.717) is 0 Å². The fourth-order valence-electron chi connectivity index (χ4n) is 0.188. The molecule has 10 heteroatoms. The van der Waals surface area contributed by atoms with Crippen LogP contribution >= 0.6 is 0 Å². The van der Waals surface area contributed by atoms with Crippen LogP contribution in [-0.4, -0.2) is 88.0 Å². The molecule has 0 spiro atoms. The van der Waals surface area contributed by atoms with Gasteiger partial charge in [0, 0.05) is 88.0 Å². The summed E-state index contributed by atoms with van der Waals surface area (Å²) < 4.78 is 0. The van der Waals surface area contributed by atoms with Gasteiger partial charge in [-0.25, -0.2) is 0 Å². The first-order valence-corrected chi connectivity index (χ1v) is 20.2. The van der Waals surface area contributed by atoms with Crippen LogP contribution in [0.25, 0.3) is 0 Å². The average Bonchev–Trinajstić information content (AvgIpc) is 1.97. The predicted molar refractivity (Wildman–Crippen MR) is 57.5 cm³/mol. The van der Waals surface area contributed by atoms with Crippen LogP contribution in [0.1, 0.15) is 0 Å². The van der Waals surface area contributed by atoms with Crippen molar-refractivity contribution >= 4 is 88.0 Å². The molecule has 0 aliphatic carbocycles. The Hall–Kier alpha value is 2.17. The standard InChI is InChI=1S/Si10/c1-3-5-7-9-10-8-6-4-2. The fraction of sp³-hybridized carbons (Fsp3) is 0. The molecule has 0 heterocycles. The molecule has 0 N–H and O–H groups in total. The van der Waals surface area contributed by atoms with Crippen molar-refractivity contribution in [2.45, 2.75) is 0 Å². The lowest BCUT2D eigenvalue weighted by Crippen LogP contribution is -2.30. The van der Waals surface area contributed by atoms with Crippen LogP contribution in [0.3, 0.4) is 0 Å². The first kappa shape index (κ1) is 12.2. The van der Waals surface area contributed by atoms with Crippen molar-refractivity contribution in [1.82, 2.24) is 0 Å². The Morgan fingerprint density at radius 1 is 0.500 bits per heavy atom. The van der Waals surface area contributed by atoms with Crippen LogP contribution in [0, 0.1) is 0 Å². The van der Waals surface area contributed by atoms with Gasteiger partial charge in [0.1, 0.15) is 0 Å². The van der Waals surface area contributed by atoms with E-state index in [1.165, 1.54) is 51.3 Å². The summed E-state index contributed by atoms with van der Waals surface area (Å²) in [5, 5.41) is 0. The third-order valence-electron chi connectivity index (χ3n) is 0.438. The summed E-state index contributed by atoms with van der Waals surface area (Å²) >= 11 is 0. The normalized spacial score (nSPS) is 10.2. The van der Waals surface area contributed by atoms with Gasteiger partial charge in [-0.15, -0.1) is 0 Å². The molecule has 0 atom stereocenters. The van der Waals surface area contributed by atoms with Gasteiger partial charge >= 0.3 is 0 Å². The van der Waals surface area contributed by atoms with E-state index in [1.54, 1.807) is 0 Å². The monoisotopic (exact) mass is 280 g/mol. The molecule has 0 unspecified atom stereocenters. The lowest BCUT2D eigenvalue weighted by molar-refractivity contribution is 3.84. The summed E-state index contributed by atoms with van der Waals surface area (Å²) in [6.07, 6.45) is 0. The van der Waals surface area contributed by atoms with Gasteiger partial charge in [-0.1, -0.05) is 0 Å². The maximum absolute atomic E-state index is 3.53. The van der Waals surface area contributed by atoms with E-state index >= 15 is 0 Å². The average molecular weight is 281 g/mol. The van der Waals surface area contributed by atoms with Gasteiger partial charge in [0.25, 0.3) is 0 Å². The maximum atomic E-state index is 3.53. The zero-order chi connectivity index (χ0) is 7.66. The van der Waals surface area contributed by atoms with Crippen molar-refractivity contribution in [1.29, 1.82) is 0 Å². The molecule has 0 aromatic carbocycles. The molecule has 10 heavy (non-hydrogen) atoms. The summed E-state index contributed by atoms with van der Waals surface area (Å²) in [6, 6.07) is 0. The van der Waals surface area contributed by atoms with Crippen molar-refractivity contribution in [2.24, 2.45) is 0 Å². The van der Waals surface area contributed by atoms with Crippen LogP contribution < -0.4 is 0 Å². The molecule has 40 valence electrons. The van der Waals surface area contributed by atoms with Crippen molar-refractivity contribution in [3.05, 3.63) is 0 Å². The molecule has 0 aliphatic rings. The van der Waals surface area contributed by atoms with Crippen LogP contribution in [0.4, 0.5) is 0 Å². The molecule has 0 aromatic rings. The van der Waals surface area contributed by atoms with Gasteiger partial charge in [0.15, 0.2) is 0 Å².